The van der Waals surface area contributed by atoms with E-state index >= 15 is 0 Å². The Labute approximate surface area is 121 Å². The highest BCUT2D eigenvalue weighted by molar-refractivity contribution is 5.76. The molecule has 2 rings (SSSR count). The van der Waals surface area contributed by atoms with Crippen molar-refractivity contribution in [3.05, 3.63) is 71.8 Å². The smallest absolute Gasteiger partial charge is 0.131 e. The Morgan fingerprint density at radius 2 is 1.55 bits per heavy atom. The quantitative estimate of drug-likeness (QED) is 0.792. The van der Waals surface area contributed by atoms with Crippen LogP contribution in [-0.4, -0.2) is 17.7 Å². The lowest BCUT2D eigenvalue weighted by molar-refractivity contribution is -0.118. The van der Waals surface area contributed by atoms with Crippen molar-refractivity contribution in [1.82, 2.24) is 4.90 Å². The van der Waals surface area contributed by atoms with Gasteiger partial charge in [-0.15, -0.1) is 0 Å². The van der Waals surface area contributed by atoms with Crippen LogP contribution in [0.1, 0.15) is 30.5 Å². The largest absolute Gasteiger partial charge is 0.300 e. The minimum Gasteiger partial charge on any atom is -0.300 e. The van der Waals surface area contributed by atoms with Gasteiger partial charge in [-0.1, -0.05) is 60.7 Å². The second-order valence-electron chi connectivity index (χ2n) is 5.23. The standard InChI is InChI=1S/C18H21NO/c1-15(20)13-18(17-11-7-4-8-12-17)19(2)14-16-9-5-3-6-10-16/h3-12,18H,13-14H2,1-2H3. The maximum atomic E-state index is 11.6. The molecule has 0 N–H and O–H groups in total. The molecule has 0 fully saturated rings. The van der Waals surface area contributed by atoms with E-state index in [0.717, 1.165) is 6.54 Å². The SMILES string of the molecule is CC(=O)CC(c1ccccc1)N(C)Cc1ccccc1. The zero-order valence-corrected chi connectivity index (χ0v) is 12.1. The van der Waals surface area contributed by atoms with Gasteiger partial charge in [0.1, 0.15) is 5.78 Å². The van der Waals surface area contributed by atoms with Crippen molar-refractivity contribution in [2.24, 2.45) is 0 Å². The molecule has 0 saturated heterocycles. The van der Waals surface area contributed by atoms with Crippen LogP contribution in [0, 0.1) is 0 Å². The molecule has 0 radical (unpaired) electrons. The maximum absolute atomic E-state index is 11.6. The number of ketones is 1. The van der Waals surface area contributed by atoms with E-state index in [1.165, 1.54) is 11.1 Å². The molecule has 0 aliphatic carbocycles. The van der Waals surface area contributed by atoms with Crippen molar-refractivity contribution < 1.29 is 4.79 Å². The van der Waals surface area contributed by atoms with Gasteiger partial charge >= 0.3 is 0 Å². The Balaban J connectivity index is 2.16. The zero-order chi connectivity index (χ0) is 14.4. The summed E-state index contributed by atoms with van der Waals surface area (Å²) in [4.78, 5) is 13.8. The van der Waals surface area contributed by atoms with Gasteiger partial charge in [-0.05, 0) is 25.1 Å². The molecule has 2 nitrogen and oxygen atoms in total. The molecule has 0 aromatic heterocycles. The first kappa shape index (κ1) is 14.5. The molecule has 1 atom stereocenters. The fraction of sp³-hybridized carbons (Fsp3) is 0.278. The fourth-order valence-electron chi connectivity index (χ4n) is 2.46. The Morgan fingerprint density at radius 3 is 2.10 bits per heavy atom. The van der Waals surface area contributed by atoms with E-state index in [1.807, 2.05) is 36.4 Å². The van der Waals surface area contributed by atoms with Gasteiger partial charge in [0.15, 0.2) is 0 Å². The molecule has 2 heteroatoms. The van der Waals surface area contributed by atoms with Crippen LogP contribution in [0.5, 0.6) is 0 Å². The summed E-state index contributed by atoms with van der Waals surface area (Å²) in [7, 11) is 2.08. The van der Waals surface area contributed by atoms with Gasteiger partial charge in [-0.3, -0.25) is 9.69 Å². The van der Waals surface area contributed by atoms with Gasteiger partial charge in [-0.2, -0.15) is 0 Å². The van der Waals surface area contributed by atoms with Gasteiger partial charge in [0, 0.05) is 19.0 Å². The first-order chi connectivity index (χ1) is 9.66. The lowest BCUT2D eigenvalue weighted by atomic mass is 10.00. The van der Waals surface area contributed by atoms with Crippen molar-refractivity contribution in [1.29, 1.82) is 0 Å². The molecule has 0 amide bonds. The van der Waals surface area contributed by atoms with Gasteiger partial charge in [0.2, 0.25) is 0 Å². The van der Waals surface area contributed by atoms with E-state index in [1.54, 1.807) is 6.92 Å². The van der Waals surface area contributed by atoms with Crippen LogP contribution >= 0.6 is 0 Å². The van der Waals surface area contributed by atoms with E-state index in [-0.39, 0.29) is 11.8 Å². The highest BCUT2D eigenvalue weighted by atomic mass is 16.1. The summed E-state index contributed by atoms with van der Waals surface area (Å²) in [6.45, 7) is 2.50. The van der Waals surface area contributed by atoms with Gasteiger partial charge in [0.25, 0.3) is 0 Å². The monoisotopic (exact) mass is 267 g/mol. The molecular weight excluding hydrogens is 246 g/mol. The van der Waals surface area contributed by atoms with E-state index < -0.39 is 0 Å². The number of Topliss-reactive ketones (excluding diaryl/α,β-unsaturated/α-hetero) is 1. The van der Waals surface area contributed by atoms with Crippen LogP contribution < -0.4 is 0 Å². The van der Waals surface area contributed by atoms with Crippen molar-refractivity contribution in [2.75, 3.05) is 7.05 Å². The summed E-state index contributed by atoms with van der Waals surface area (Å²) in [5.74, 6) is 0.221. The Kier molecular flexibility index (Phi) is 5.08. The Morgan fingerprint density at radius 1 is 1.00 bits per heavy atom. The van der Waals surface area contributed by atoms with Crippen molar-refractivity contribution in [2.45, 2.75) is 25.9 Å². The molecule has 0 bridgehead atoms. The van der Waals surface area contributed by atoms with Crippen LogP contribution in [0.2, 0.25) is 0 Å². The van der Waals surface area contributed by atoms with Crippen molar-refractivity contribution >= 4 is 5.78 Å². The number of hydrogen-bond donors (Lipinski definition) is 0. The topological polar surface area (TPSA) is 20.3 Å². The molecular formula is C18H21NO. The van der Waals surface area contributed by atoms with Crippen LogP contribution in [0.25, 0.3) is 0 Å². The van der Waals surface area contributed by atoms with Crippen LogP contribution in [0.4, 0.5) is 0 Å². The fourth-order valence-corrected chi connectivity index (χ4v) is 2.46. The molecule has 104 valence electrons. The number of benzene rings is 2. The molecule has 20 heavy (non-hydrogen) atoms. The Hall–Kier alpha value is -1.93. The normalized spacial score (nSPS) is 12.3. The van der Waals surface area contributed by atoms with Gasteiger partial charge in [-0.25, -0.2) is 0 Å². The first-order valence-electron chi connectivity index (χ1n) is 6.95. The summed E-state index contributed by atoms with van der Waals surface area (Å²) >= 11 is 0. The lowest BCUT2D eigenvalue weighted by Gasteiger charge is -2.28. The van der Waals surface area contributed by atoms with E-state index in [9.17, 15) is 4.79 Å². The predicted molar refractivity (Wildman–Crippen MR) is 82.4 cm³/mol. The van der Waals surface area contributed by atoms with E-state index in [2.05, 4.69) is 36.2 Å². The first-order valence-corrected chi connectivity index (χ1v) is 6.95. The number of nitrogens with zero attached hydrogens (tertiary/aromatic N) is 1. The van der Waals surface area contributed by atoms with Gasteiger partial charge < -0.3 is 0 Å². The average molecular weight is 267 g/mol. The van der Waals surface area contributed by atoms with Gasteiger partial charge in [0.05, 0.1) is 0 Å². The summed E-state index contributed by atoms with van der Waals surface area (Å²) in [5, 5.41) is 0. The molecule has 0 aliphatic rings. The van der Waals surface area contributed by atoms with Crippen LogP contribution in [0.15, 0.2) is 60.7 Å². The maximum Gasteiger partial charge on any atom is 0.131 e. The number of carbonyl (C=O) groups is 1. The molecule has 2 aromatic rings. The molecule has 0 aliphatic heterocycles. The summed E-state index contributed by atoms with van der Waals surface area (Å²) in [6.07, 6.45) is 0.549. The summed E-state index contributed by atoms with van der Waals surface area (Å²) in [6, 6.07) is 20.7. The molecule has 2 aromatic carbocycles. The highest BCUT2D eigenvalue weighted by Crippen LogP contribution is 2.24. The molecule has 1 unspecified atom stereocenters. The summed E-state index contributed by atoms with van der Waals surface area (Å²) in [5.41, 5.74) is 2.46. The summed E-state index contributed by atoms with van der Waals surface area (Å²) < 4.78 is 0. The third kappa shape index (κ3) is 4.04. The number of rotatable bonds is 6. The minimum atomic E-state index is 0.133. The number of hydrogen-bond acceptors (Lipinski definition) is 2. The van der Waals surface area contributed by atoms with Crippen LogP contribution in [-0.2, 0) is 11.3 Å². The third-order valence-corrected chi connectivity index (χ3v) is 3.47. The minimum absolute atomic E-state index is 0.133. The predicted octanol–water partition coefficient (Wildman–Crippen LogP) is 3.84. The Bertz CT molecular complexity index is 536. The number of carbonyl (C=O) groups excluding carboxylic acids is 1. The average Bonchev–Trinajstić information content (AvgIpc) is 2.46. The highest BCUT2D eigenvalue weighted by Gasteiger charge is 2.18. The van der Waals surface area contributed by atoms with Crippen molar-refractivity contribution in [3.8, 4) is 0 Å². The third-order valence-electron chi connectivity index (χ3n) is 3.47. The van der Waals surface area contributed by atoms with E-state index in [4.69, 9.17) is 0 Å². The van der Waals surface area contributed by atoms with Crippen LogP contribution in [0.3, 0.4) is 0 Å². The second kappa shape index (κ2) is 7.01. The molecule has 0 saturated carbocycles. The molecule has 0 spiro atoms. The zero-order valence-electron chi connectivity index (χ0n) is 12.1. The van der Waals surface area contributed by atoms with Crippen molar-refractivity contribution in [3.63, 3.8) is 0 Å². The van der Waals surface area contributed by atoms with E-state index in [0.29, 0.717) is 6.42 Å². The molecule has 0 heterocycles. The lowest BCUT2D eigenvalue weighted by Crippen LogP contribution is -2.26. The second-order valence-corrected chi connectivity index (χ2v) is 5.23.